The predicted octanol–water partition coefficient (Wildman–Crippen LogP) is 3.48. The van der Waals surface area contributed by atoms with Crippen LogP contribution in [0.15, 0.2) is 0 Å². The lowest BCUT2D eigenvalue weighted by atomic mass is 9.96. The van der Waals surface area contributed by atoms with Crippen molar-refractivity contribution in [3.05, 3.63) is 15.6 Å². The number of carbonyl (C=O) groups excluding carboxylic acids is 1. The van der Waals surface area contributed by atoms with Crippen LogP contribution >= 0.6 is 11.3 Å². The van der Waals surface area contributed by atoms with Crippen molar-refractivity contribution in [2.75, 3.05) is 6.54 Å². The van der Waals surface area contributed by atoms with Gasteiger partial charge in [0.15, 0.2) is 0 Å². The molecule has 2 aliphatic rings. The quantitative estimate of drug-likeness (QED) is 0.927. The van der Waals surface area contributed by atoms with Gasteiger partial charge < -0.3 is 10.0 Å². The maximum absolute atomic E-state index is 12.9. The molecule has 0 aromatic carbocycles. The minimum absolute atomic E-state index is 0.0591. The Balaban J connectivity index is 1.82. The second-order valence-electron chi connectivity index (χ2n) is 7.26. The molecule has 122 valence electrons. The Morgan fingerprint density at radius 1 is 1.27 bits per heavy atom. The summed E-state index contributed by atoms with van der Waals surface area (Å²) in [6.07, 6.45) is 6.81. The van der Waals surface area contributed by atoms with Gasteiger partial charge in [0.1, 0.15) is 4.88 Å². The summed E-state index contributed by atoms with van der Waals surface area (Å²) >= 11 is 1.58. The monoisotopic (exact) mass is 322 g/mol. The van der Waals surface area contributed by atoms with Crippen molar-refractivity contribution in [1.82, 2.24) is 9.88 Å². The van der Waals surface area contributed by atoms with Crippen LogP contribution in [0.5, 0.6) is 0 Å². The summed E-state index contributed by atoms with van der Waals surface area (Å²) in [4.78, 5) is 20.3. The second kappa shape index (κ2) is 5.93. The lowest BCUT2D eigenvalue weighted by Crippen LogP contribution is -2.48. The van der Waals surface area contributed by atoms with Gasteiger partial charge in [-0.15, -0.1) is 11.3 Å². The van der Waals surface area contributed by atoms with Crippen molar-refractivity contribution in [1.29, 1.82) is 0 Å². The van der Waals surface area contributed by atoms with Crippen molar-refractivity contribution in [2.45, 2.75) is 76.9 Å². The number of amides is 1. The first-order chi connectivity index (χ1) is 10.4. The van der Waals surface area contributed by atoms with Crippen LogP contribution in [-0.4, -0.2) is 39.1 Å². The standard InChI is InChI=1S/C17H26N2O2S/c1-11-14(22-15(18-11)12-7-4-5-8-12)16(20)19-10-6-9-13(19)17(2,3)21/h12-13,21H,4-10H2,1-3H3. The van der Waals surface area contributed by atoms with Crippen LogP contribution in [-0.2, 0) is 0 Å². The molecule has 1 amide bonds. The zero-order valence-electron chi connectivity index (χ0n) is 13.8. The SMILES string of the molecule is Cc1nc(C2CCCC2)sc1C(=O)N1CCCC1C(C)(C)O. The molecule has 0 bridgehead atoms. The minimum atomic E-state index is -0.848. The molecule has 0 spiro atoms. The van der Waals surface area contributed by atoms with Gasteiger partial charge in [-0.1, -0.05) is 12.8 Å². The molecule has 1 aliphatic carbocycles. The molecule has 1 N–H and O–H groups in total. The van der Waals surface area contributed by atoms with Crippen molar-refractivity contribution in [3.63, 3.8) is 0 Å². The third-order valence-corrected chi connectivity index (χ3v) is 6.35. The number of aromatic nitrogens is 1. The Bertz CT molecular complexity index is 555. The molecule has 1 saturated heterocycles. The van der Waals surface area contributed by atoms with E-state index in [9.17, 15) is 9.90 Å². The first-order valence-electron chi connectivity index (χ1n) is 8.38. The zero-order chi connectivity index (χ0) is 15.9. The topological polar surface area (TPSA) is 53.4 Å². The summed E-state index contributed by atoms with van der Waals surface area (Å²) in [6, 6.07) is -0.0866. The number of likely N-dealkylation sites (tertiary alicyclic amines) is 1. The average Bonchev–Trinajstić information content (AvgIpc) is 3.17. The Hall–Kier alpha value is -0.940. The summed E-state index contributed by atoms with van der Waals surface area (Å²) in [5.41, 5.74) is 0.0114. The summed E-state index contributed by atoms with van der Waals surface area (Å²) in [6.45, 7) is 6.28. The van der Waals surface area contributed by atoms with Gasteiger partial charge in [-0.25, -0.2) is 4.98 Å². The summed E-state index contributed by atoms with van der Waals surface area (Å²) in [7, 11) is 0. The predicted molar refractivity (Wildman–Crippen MR) is 88.4 cm³/mol. The minimum Gasteiger partial charge on any atom is -0.388 e. The first kappa shape index (κ1) is 15.9. The molecule has 2 heterocycles. The van der Waals surface area contributed by atoms with E-state index in [2.05, 4.69) is 4.98 Å². The molecule has 22 heavy (non-hydrogen) atoms. The van der Waals surface area contributed by atoms with E-state index in [0.29, 0.717) is 5.92 Å². The van der Waals surface area contributed by atoms with E-state index in [-0.39, 0.29) is 11.9 Å². The fraction of sp³-hybridized carbons (Fsp3) is 0.765. The van der Waals surface area contributed by atoms with Crippen LogP contribution in [0, 0.1) is 6.92 Å². The van der Waals surface area contributed by atoms with E-state index in [4.69, 9.17) is 0 Å². The lowest BCUT2D eigenvalue weighted by Gasteiger charge is -2.33. The molecular weight excluding hydrogens is 296 g/mol. The van der Waals surface area contributed by atoms with Crippen molar-refractivity contribution in [2.24, 2.45) is 0 Å². The highest BCUT2D eigenvalue weighted by atomic mass is 32.1. The number of hydrogen-bond acceptors (Lipinski definition) is 4. The van der Waals surface area contributed by atoms with E-state index in [1.165, 1.54) is 25.7 Å². The van der Waals surface area contributed by atoms with Gasteiger partial charge >= 0.3 is 0 Å². The Morgan fingerprint density at radius 3 is 2.59 bits per heavy atom. The highest BCUT2D eigenvalue weighted by Gasteiger charge is 2.39. The lowest BCUT2D eigenvalue weighted by molar-refractivity contribution is 0.000479. The fourth-order valence-electron chi connectivity index (χ4n) is 3.84. The first-order valence-corrected chi connectivity index (χ1v) is 9.20. The largest absolute Gasteiger partial charge is 0.388 e. The molecule has 4 nitrogen and oxygen atoms in total. The summed E-state index contributed by atoms with van der Waals surface area (Å²) < 4.78 is 0. The highest BCUT2D eigenvalue weighted by Crippen LogP contribution is 2.38. The summed E-state index contributed by atoms with van der Waals surface area (Å²) in [5.74, 6) is 0.609. The molecule has 2 fully saturated rings. The van der Waals surface area contributed by atoms with E-state index >= 15 is 0 Å². The van der Waals surface area contributed by atoms with Crippen LogP contribution in [0.2, 0.25) is 0 Å². The van der Waals surface area contributed by atoms with Crippen LogP contribution in [0.1, 0.15) is 78.7 Å². The number of aryl methyl sites for hydroxylation is 1. The molecular formula is C17H26N2O2S. The van der Waals surface area contributed by atoms with Gasteiger partial charge in [-0.2, -0.15) is 0 Å². The third-order valence-electron chi connectivity index (χ3n) is 5.04. The van der Waals surface area contributed by atoms with E-state index in [0.717, 1.165) is 35.0 Å². The number of hydrogen-bond donors (Lipinski definition) is 1. The normalized spacial score (nSPS) is 23.5. The number of rotatable bonds is 3. The zero-order valence-corrected chi connectivity index (χ0v) is 14.6. The molecule has 1 atom stereocenters. The molecule has 1 aromatic rings. The van der Waals surface area contributed by atoms with Crippen LogP contribution < -0.4 is 0 Å². The molecule has 5 heteroatoms. The van der Waals surface area contributed by atoms with Crippen LogP contribution in [0.25, 0.3) is 0 Å². The Labute approximate surface area is 136 Å². The van der Waals surface area contributed by atoms with Gasteiger partial charge in [0, 0.05) is 12.5 Å². The molecule has 1 unspecified atom stereocenters. The maximum atomic E-state index is 12.9. The fourth-order valence-corrected chi connectivity index (χ4v) is 5.03. The van der Waals surface area contributed by atoms with Crippen LogP contribution in [0.4, 0.5) is 0 Å². The molecule has 3 rings (SSSR count). The van der Waals surface area contributed by atoms with E-state index in [1.807, 2.05) is 11.8 Å². The Morgan fingerprint density at radius 2 is 1.95 bits per heavy atom. The number of carbonyl (C=O) groups is 1. The van der Waals surface area contributed by atoms with E-state index in [1.54, 1.807) is 25.2 Å². The van der Waals surface area contributed by atoms with Crippen molar-refractivity contribution in [3.8, 4) is 0 Å². The van der Waals surface area contributed by atoms with Crippen molar-refractivity contribution < 1.29 is 9.90 Å². The van der Waals surface area contributed by atoms with Gasteiger partial charge in [0.2, 0.25) is 0 Å². The van der Waals surface area contributed by atoms with Gasteiger partial charge in [-0.3, -0.25) is 4.79 Å². The van der Waals surface area contributed by atoms with Crippen molar-refractivity contribution >= 4 is 17.2 Å². The molecule has 1 saturated carbocycles. The molecule has 1 aromatic heterocycles. The van der Waals surface area contributed by atoms with E-state index < -0.39 is 5.60 Å². The highest BCUT2D eigenvalue weighted by molar-refractivity contribution is 7.13. The maximum Gasteiger partial charge on any atom is 0.266 e. The smallest absolute Gasteiger partial charge is 0.266 e. The number of thiazole rings is 1. The van der Waals surface area contributed by atoms with Gasteiger partial charge in [0.05, 0.1) is 22.3 Å². The third kappa shape index (κ3) is 2.93. The summed E-state index contributed by atoms with van der Waals surface area (Å²) in [5, 5.41) is 11.5. The Kier molecular flexibility index (Phi) is 4.29. The second-order valence-corrected chi connectivity index (χ2v) is 8.29. The number of nitrogens with zero attached hydrogens (tertiary/aromatic N) is 2. The van der Waals surface area contributed by atoms with Crippen LogP contribution in [0.3, 0.4) is 0 Å². The van der Waals surface area contributed by atoms with Gasteiger partial charge in [0.25, 0.3) is 5.91 Å². The molecule has 1 aliphatic heterocycles. The van der Waals surface area contributed by atoms with Gasteiger partial charge in [-0.05, 0) is 46.5 Å². The average molecular weight is 322 g/mol. The number of aliphatic hydroxyl groups is 1. The molecule has 0 radical (unpaired) electrons.